The molecule has 3 N–H and O–H groups in total. The van der Waals surface area contributed by atoms with Crippen LogP contribution in [0.25, 0.3) is 0 Å². The average Bonchev–Trinajstić information content (AvgIpc) is 2.83. The first-order chi connectivity index (χ1) is 17.2. The molecule has 3 unspecified atom stereocenters. The van der Waals surface area contributed by atoms with E-state index in [9.17, 15) is 14.7 Å². The van der Waals surface area contributed by atoms with Crippen LogP contribution in [0.3, 0.4) is 0 Å². The molecule has 36 heavy (non-hydrogen) atoms. The van der Waals surface area contributed by atoms with E-state index in [4.69, 9.17) is 0 Å². The summed E-state index contributed by atoms with van der Waals surface area (Å²) in [5, 5.41) is 16.9. The van der Waals surface area contributed by atoms with Gasteiger partial charge in [-0.1, -0.05) is 68.6 Å². The highest BCUT2D eigenvalue weighted by Gasteiger charge is 2.36. The number of nitrogens with one attached hydrogen (secondary N) is 2. The molecule has 0 aromatic rings. The monoisotopic (exact) mass is 497 g/mol. The summed E-state index contributed by atoms with van der Waals surface area (Å²) >= 11 is 0. The van der Waals surface area contributed by atoms with Crippen molar-refractivity contribution in [2.24, 2.45) is 0 Å². The average molecular weight is 498 g/mol. The normalized spacial score (nSPS) is 22.1. The van der Waals surface area contributed by atoms with Crippen LogP contribution in [0, 0.1) is 0 Å². The molecule has 0 aromatic heterocycles. The predicted molar refractivity (Wildman–Crippen MR) is 148 cm³/mol. The van der Waals surface area contributed by atoms with Crippen molar-refractivity contribution in [1.29, 1.82) is 0 Å². The van der Waals surface area contributed by atoms with Crippen LogP contribution in [0.15, 0.2) is 59.9 Å². The van der Waals surface area contributed by atoms with Crippen molar-refractivity contribution in [1.82, 2.24) is 15.5 Å². The number of amides is 2. The van der Waals surface area contributed by atoms with E-state index >= 15 is 0 Å². The summed E-state index contributed by atoms with van der Waals surface area (Å²) in [4.78, 5) is 29.4. The number of hydrogen-bond donors (Lipinski definition) is 3. The van der Waals surface area contributed by atoms with Gasteiger partial charge in [0.05, 0.1) is 12.6 Å². The van der Waals surface area contributed by atoms with Gasteiger partial charge in [-0.2, -0.15) is 0 Å². The Balaban J connectivity index is 2.49. The fourth-order valence-electron chi connectivity index (χ4n) is 5.23. The number of carbonyl (C=O) groups is 2. The van der Waals surface area contributed by atoms with E-state index in [2.05, 4.69) is 23.8 Å². The highest BCUT2D eigenvalue weighted by molar-refractivity contribution is 5.93. The molecule has 2 amide bonds. The fraction of sp³-hybridized carbons (Fsp3) is 0.600. The molecule has 2 saturated carbocycles. The van der Waals surface area contributed by atoms with Crippen molar-refractivity contribution in [3.63, 3.8) is 0 Å². The third-order valence-corrected chi connectivity index (χ3v) is 7.07. The van der Waals surface area contributed by atoms with Crippen molar-refractivity contribution in [3.8, 4) is 0 Å². The Morgan fingerprint density at radius 2 is 1.69 bits per heavy atom. The maximum Gasteiger partial charge on any atom is 0.248 e. The molecule has 0 aliphatic heterocycles. The number of aliphatic hydroxyl groups excluding tert-OH is 1. The van der Waals surface area contributed by atoms with Crippen LogP contribution < -0.4 is 10.6 Å². The second-order valence-corrected chi connectivity index (χ2v) is 10.4. The highest BCUT2D eigenvalue weighted by Crippen LogP contribution is 2.25. The van der Waals surface area contributed by atoms with Crippen molar-refractivity contribution in [2.45, 2.75) is 110 Å². The first-order valence-electron chi connectivity index (χ1n) is 13.5. The zero-order valence-corrected chi connectivity index (χ0v) is 22.8. The molecule has 2 fully saturated rings. The largest absolute Gasteiger partial charge is 0.392 e. The van der Waals surface area contributed by atoms with E-state index in [1.165, 1.54) is 6.42 Å². The summed E-state index contributed by atoms with van der Waals surface area (Å²) < 4.78 is 0. The van der Waals surface area contributed by atoms with Crippen molar-refractivity contribution in [2.75, 3.05) is 6.54 Å². The van der Waals surface area contributed by atoms with Crippen LogP contribution in [0.5, 0.6) is 0 Å². The topological polar surface area (TPSA) is 81.7 Å². The number of rotatable bonds is 11. The molecule has 2 aliphatic rings. The van der Waals surface area contributed by atoms with Crippen LogP contribution in [-0.2, 0) is 9.59 Å². The molecule has 3 atom stereocenters. The van der Waals surface area contributed by atoms with Crippen LogP contribution in [0.4, 0.5) is 0 Å². The molecule has 2 aliphatic carbocycles. The lowest BCUT2D eigenvalue weighted by Gasteiger charge is -2.36. The van der Waals surface area contributed by atoms with Gasteiger partial charge in [-0.25, -0.2) is 0 Å². The second kappa shape index (κ2) is 15.0. The lowest BCUT2D eigenvalue weighted by atomic mass is 9.92. The van der Waals surface area contributed by atoms with Crippen molar-refractivity contribution >= 4 is 11.8 Å². The Morgan fingerprint density at radius 3 is 2.25 bits per heavy atom. The highest BCUT2D eigenvalue weighted by atomic mass is 16.3. The van der Waals surface area contributed by atoms with E-state index in [0.717, 1.165) is 62.5 Å². The molecular formula is C30H47N3O3. The summed E-state index contributed by atoms with van der Waals surface area (Å²) in [5.41, 5.74) is 3.02. The zero-order valence-electron chi connectivity index (χ0n) is 22.8. The van der Waals surface area contributed by atoms with Gasteiger partial charge < -0.3 is 15.7 Å². The third-order valence-electron chi connectivity index (χ3n) is 7.07. The third kappa shape index (κ3) is 8.59. The molecule has 200 valence electrons. The van der Waals surface area contributed by atoms with E-state index in [-0.39, 0.29) is 30.4 Å². The molecule has 6 nitrogen and oxygen atoms in total. The Morgan fingerprint density at radius 1 is 1.06 bits per heavy atom. The minimum Gasteiger partial charge on any atom is -0.392 e. The van der Waals surface area contributed by atoms with Gasteiger partial charge >= 0.3 is 0 Å². The van der Waals surface area contributed by atoms with E-state index in [1.54, 1.807) is 11.0 Å². The Hall–Kier alpha value is -2.44. The SMILES string of the molecule is C=CC(=C(C)C)C(C(=O)NC1CCCCC1)N(C(=O)CNC1CCCCC1O)C(C=CC)=CC(=C)C. The number of aliphatic hydroxyl groups is 1. The zero-order chi connectivity index (χ0) is 26.7. The van der Waals surface area contributed by atoms with Gasteiger partial charge in [0.1, 0.15) is 6.04 Å². The fourth-order valence-corrected chi connectivity index (χ4v) is 5.23. The summed E-state index contributed by atoms with van der Waals surface area (Å²) in [6.07, 6.45) is 15.6. The molecular weight excluding hydrogens is 450 g/mol. The van der Waals surface area contributed by atoms with Gasteiger partial charge in [-0.05, 0) is 71.1 Å². The van der Waals surface area contributed by atoms with Gasteiger partial charge in [0.15, 0.2) is 0 Å². The van der Waals surface area contributed by atoms with E-state index in [1.807, 2.05) is 45.9 Å². The molecule has 0 saturated heterocycles. The Bertz CT molecular complexity index is 876. The van der Waals surface area contributed by atoms with Crippen LogP contribution in [0.1, 0.15) is 85.5 Å². The van der Waals surface area contributed by atoms with E-state index < -0.39 is 12.1 Å². The Kier molecular flexibility index (Phi) is 12.4. The van der Waals surface area contributed by atoms with Crippen molar-refractivity contribution in [3.05, 3.63) is 59.9 Å². The molecule has 2 rings (SSSR count). The first-order valence-corrected chi connectivity index (χ1v) is 13.5. The molecule has 6 heteroatoms. The molecule has 0 aromatic carbocycles. The predicted octanol–water partition coefficient (Wildman–Crippen LogP) is 5.08. The number of hydrogen-bond acceptors (Lipinski definition) is 4. The minimum atomic E-state index is -0.859. The quantitative estimate of drug-likeness (QED) is 0.348. The summed E-state index contributed by atoms with van der Waals surface area (Å²) in [6, 6.07) is -0.877. The second-order valence-electron chi connectivity index (χ2n) is 10.4. The number of carbonyl (C=O) groups excluding carboxylic acids is 2. The lowest BCUT2D eigenvalue weighted by molar-refractivity contribution is -0.136. The first kappa shape index (κ1) is 29.8. The van der Waals surface area contributed by atoms with Gasteiger partial charge in [0.25, 0.3) is 0 Å². The van der Waals surface area contributed by atoms with E-state index in [0.29, 0.717) is 11.3 Å². The number of nitrogens with zero attached hydrogens (tertiary/aromatic N) is 1. The molecule has 0 heterocycles. The maximum atomic E-state index is 13.9. The van der Waals surface area contributed by atoms with Gasteiger partial charge in [-0.3, -0.25) is 14.5 Å². The van der Waals surface area contributed by atoms with Crippen LogP contribution in [0.2, 0.25) is 0 Å². The van der Waals surface area contributed by atoms with Crippen LogP contribution in [-0.4, -0.2) is 52.6 Å². The van der Waals surface area contributed by atoms with Gasteiger partial charge in [0, 0.05) is 17.8 Å². The standard InChI is InChI=1S/C30H47N3O3/c1-7-14-24(19-21(3)4)33(28(35)20-31-26-17-12-13-18-27(26)34)29(25(8-2)22(5)6)30(36)32-23-15-10-9-11-16-23/h7-8,14,19,23,26-27,29,31,34H,2-3,9-13,15-18,20H2,1,4-6H3,(H,32,36). The van der Waals surface area contributed by atoms with Gasteiger partial charge in [0.2, 0.25) is 11.8 Å². The maximum absolute atomic E-state index is 13.9. The van der Waals surface area contributed by atoms with Crippen molar-refractivity contribution < 1.29 is 14.7 Å². The molecule has 0 spiro atoms. The lowest BCUT2D eigenvalue weighted by Crippen LogP contribution is -2.55. The molecule has 0 bridgehead atoms. The number of allylic oxidation sites excluding steroid dienone is 5. The summed E-state index contributed by atoms with van der Waals surface area (Å²) in [6.45, 7) is 15.7. The summed E-state index contributed by atoms with van der Waals surface area (Å²) in [7, 11) is 0. The van der Waals surface area contributed by atoms with Crippen LogP contribution >= 0.6 is 0 Å². The van der Waals surface area contributed by atoms with Gasteiger partial charge in [-0.15, -0.1) is 0 Å². The smallest absolute Gasteiger partial charge is 0.248 e. The molecule has 0 radical (unpaired) electrons. The minimum absolute atomic E-state index is 0.0210. The Labute approximate surface area is 218 Å². The summed E-state index contributed by atoms with van der Waals surface area (Å²) in [5.74, 6) is -0.427.